The van der Waals surface area contributed by atoms with E-state index in [1.165, 1.54) is 4.88 Å². The third-order valence-electron chi connectivity index (χ3n) is 6.82. The molecular weight excluding hydrogens is 508 g/mol. The number of nitrogens with one attached hydrogen (secondary N) is 1. The van der Waals surface area contributed by atoms with Crippen LogP contribution >= 0.6 is 22.9 Å². The summed E-state index contributed by atoms with van der Waals surface area (Å²) in [7, 11) is 4.73. The first-order chi connectivity index (χ1) is 17.6. The fourth-order valence-corrected chi connectivity index (χ4v) is 6.07. The van der Waals surface area contributed by atoms with Gasteiger partial charge in [-0.2, -0.15) is 0 Å². The Labute approximate surface area is 227 Å². The Balaban J connectivity index is 1.73. The highest BCUT2D eigenvalue weighted by Gasteiger charge is 2.33. The van der Waals surface area contributed by atoms with Crippen LogP contribution in [0.1, 0.15) is 53.6 Å². The zero-order chi connectivity index (χ0) is 26.7. The number of anilines is 1. The van der Waals surface area contributed by atoms with Gasteiger partial charge in [0.1, 0.15) is 5.00 Å². The van der Waals surface area contributed by atoms with E-state index in [-0.39, 0.29) is 11.3 Å². The van der Waals surface area contributed by atoms with E-state index in [1.807, 2.05) is 12.1 Å². The van der Waals surface area contributed by atoms with E-state index in [9.17, 15) is 4.79 Å². The zero-order valence-electron chi connectivity index (χ0n) is 22.1. The molecule has 196 valence electrons. The van der Waals surface area contributed by atoms with Crippen molar-refractivity contribution in [3.05, 3.63) is 63.0 Å². The summed E-state index contributed by atoms with van der Waals surface area (Å²) in [6.07, 6.45) is 4.59. The first-order valence-electron chi connectivity index (χ1n) is 12.2. The average Bonchev–Trinajstić information content (AvgIpc) is 3.25. The van der Waals surface area contributed by atoms with E-state index in [0.29, 0.717) is 44.4 Å². The molecule has 0 saturated heterocycles. The van der Waals surface area contributed by atoms with Gasteiger partial charge in [-0.05, 0) is 72.6 Å². The molecule has 1 aliphatic carbocycles. The van der Waals surface area contributed by atoms with Crippen molar-refractivity contribution in [2.75, 3.05) is 26.6 Å². The maximum atomic E-state index is 13.6. The van der Waals surface area contributed by atoms with Crippen LogP contribution in [0.5, 0.6) is 17.2 Å². The van der Waals surface area contributed by atoms with Gasteiger partial charge in [-0.1, -0.05) is 32.4 Å². The second kappa shape index (κ2) is 11.2. The molecule has 0 aliphatic heterocycles. The Bertz CT molecular complexity index is 1280. The van der Waals surface area contributed by atoms with Crippen molar-refractivity contribution in [2.45, 2.75) is 40.0 Å². The molecule has 0 saturated carbocycles. The molecule has 0 unspecified atom stereocenters. The Hall–Kier alpha value is -3.03. The lowest BCUT2D eigenvalue weighted by atomic mass is 9.72. The number of thiophene rings is 1. The van der Waals surface area contributed by atoms with Crippen molar-refractivity contribution in [3.8, 4) is 17.2 Å². The Kier molecular flexibility index (Phi) is 8.14. The van der Waals surface area contributed by atoms with E-state index < -0.39 is 0 Å². The van der Waals surface area contributed by atoms with Gasteiger partial charge in [0.05, 0.1) is 26.9 Å². The number of hydrogen-bond acceptors (Lipinski definition) is 6. The van der Waals surface area contributed by atoms with Crippen LogP contribution in [0.3, 0.4) is 0 Å². The number of carbonyl (C=O) groups is 1. The number of nitrogens with zero attached hydrogens (tertiary/aromatic N) is 1. The van der Waals surface area contributed by atoms with E-state index >= 15 is 0 Å². The maximum Gasteiger partial charge on any atom is 0.259 e. The monoisotopic (exact) mass is 540 g/mol. The number of fused-ring (bicyclic) bond motifs is 1. The largest absolute Gasteiger partial charge is 0.493 e. The smallest absolute Gasteiger partial charge is 0.259 e. The summed E-state index contributed by atoms with van der Waals surface area (Å²) in [5, 5.41) is 4.35. The van der Waals surface area contributed by atoms with Gasteiger partial charge in [0, 0.05) is 27.4 Å². The minimum Gasteiger partial charge on any atom is -0.493 e. The lowest BCUT2D eigenvalue weighted by molar-refractivity contribution is 0.102. The third kappa shape index (κ3) is 5.94. The van der Waals surface area contributed by atoms with E-state index in [1.54, 1.807) is 63.1 Å². The fraction of sp³-hybridized carbons (Fsp3) is 0.379. The number of methoxy groups -OCH3 is 3. The molecule has 1 heterocycles. The highest BCUT2D eigenvalue weighted by Crippen LogP contribution is 2.45. The molecule has 0 fully saturated rings. The molecule has 0 radical (unpaired) electrons. The Morgan fingerprint density at radius 3 is 2.30 bits per heavy atom. The quantitative estimate of drug-likeness (QED) is 0.313. The molecule has 1 N–H and O–H groups in total. The molecule has 0 bridgehead atoms. The first-order valence-corrected chi connectivity index (χ1v) is 13.4. The van der Waals surface area contributed by atoms with E-state index in [0.717, 1.165) is 30.4 Å². The minimum absolute atomic E-state index is 0.161. The van der Waals surface area contributed by atoms with Crippen LogP contribution in [0.15, 0.2) is 41.4 Å². The molecule has 6 nitrogen and oxygen atoms in total. The highest BCUT2D eigenvalue weighted by atomic mass is 35.5. The number of amides is 1. The molecule has 4 rings (SSSR count). The molecule has 1 amide bonds. The van der Waals surface area contributed by atoms with Crippen LogP contribution in [0.25, 0.3) is 0 Å². The Morgan fingerprint density at radius 2 is 1.73 bits per heavy atom. The van der Waals surface area contributed by atoms with Gasteiger partial charge in [0.2, 0.25) is 5.75 Å². The summed E-state index contributed by atoms with van der Waals surface area (Å²) in [5.74, 6) is 2.00. The number of halogens is 1. The van der Waals surface area contributed by atoms with Crippen molar-refractivity contribution < 1.29 is 19.0 Å². The minimum atomic E-state index is -0.161. The summed E-state index contributed by atoms with van der Waals surface area (Å²) >= 11 is 7.63. The van der Waals surface area contributed by atoms with Gasteiger partial charge in [0.25, 0.3) is 5.91 Å². The number of benzene rings is 2. The predicted octanol–water partition coefficient (Wildman–Crippen LogP) is 7.58. The molecule has 0 spiro atoms. The van der Waals surface area contributed by atoms with Crippen LogP contribution in [-0.4, -0.2) is 33.5 Å². The summed E-state index contributed by atoms with van der Waals surface area (Å²) in [6, 6.07) is 10.8. The van der Waals surface area contributed by atoms with Gasteiger partial charge in [0.15, 0.2) is 11.5 Å². The van der Waals surface area contributed by atoms with Crippen molar-refractivity contribution in [1.29, 1.82) is 0 Å². The van der Waals surface area contributed by atoms with Gasteiger partial charge in [-0.15, -0.1) is 11.3 Å². The van der Waals surface area contributed by atoms with Crippen LogP contribution in [0.4, 0.5) is 10.7 Å². The molecule has 1 aromatic heterocycles. The topological polar surface area (TPSA) is 69.2 Å². The fourth-order valence-electron chi connectivity index (χ4n) is 4.67. The lowest BCUT2D eigenvalue weighted by Crippen LogP contribution is -2.27. The van der Waals surface area contributed by atoms with Gasteiger partial charge < -0.3 is 19.5 Å². The molecule has 1 aliphatic rings. The van der Waals surface area contributed by atoms with E-state index in [2.05, 4.69) is 26.1 Å². The third-order valence-corrected chi connectivity index (χ3v) is 8.23. The van der Waals surface area contributed by atoms with Crippen LogP contribution in [-0.2, 0) is 12.8 Å². The SMILES string of the molecule is COc1cc(C=Nc2sc3c(c2C(=O)Nc2ccc(Cl)cc2)CC[C@@H](C(C)(C)C)C3)cc(OC)c1OC. The van der Waals surface area contributed by atoms with Crippen molar-refractivity contribution >= 4 is 45.7 Å². The predicted molar refractivity (Wildman–Crippen MR) is 152 cm³/mol. The lowest BCUT2D eigenvalue weighted by Gasteiger charge is -2.33. The zero-order valence-corrected chi connectivity index (χ0v) is 23.7. The second-order valence-electron chi connectivity index (χ2n) is 10.2. The number of aliphatic imine (C=N–C) groups is 1. The van der Waals surface area contributed by atoms with Crippen molar-refractivity contribution in [3.63, 3.8) is 0 Å². The van der Waals surface area contributed by atoms with Gasteiger partial charge in [-0.25, -0.2) is 4.99 Å². The molecule has 2 aromatic carbocycles. The Morgan fingerprint density at radius 1 is 1.08 bits per heavy atom. The molecular formula is C29H33ClN2O4S. The molecule has 1 atom stereocenters. The summed E-state index contributed by atoms with van der Waals surface area (Å²) in [5.41, 5.74) is 3.42. The molecule has 8 heteroatoms. The molecule has 37 heavy (non-hydrogen) atoms. The summed E-state index contributed by atoms with van der Waals surface area (Å²) < 4.78 is 16.4. The summed E-state index contributed by atoms with van der Waals surface area (Å²) in [6.45, 7) is 6.86. The number of ether oxygens (including phenoxy) is 3. The van der Waals surface area contributed by atoms with Crippen molar-refractivity contribution in [1.82, 2.24) is 0 Å². The van der Waals surface area contributed by atoms with Gasteiger partial charge >= 0.3 is 0 Å². The molecule has 3 aromatic rings. The van der Waals surface area contributed by atoms with E-state index in [4.69, 9.17) is 30.8 Å². The van der Waals surface area contributed by atoms with Crippen molar-refractivity contribution in [2.24, 2.45) is 16.3 Å². The number of rotatable bonds is 7. The van der Waals surface area contributed by atoms with Crippen LogP contribution in [0, 0.1) is 11.3 Å². The number of carbonyl (C=O) groups excluding carboxylic acids is 1. The maximum absolute atomic E-state index is 13.6. The second-order valence-corrected chi connectivity index (χ2v) is 11.7. The highest BCUT2D eigenvalue weighted by molar-refractivity contribution is 7.16. The van der Waals surface area contributed by atoms with Crippen LogP contribution in [0.2, 0.25) is 5.02 Å². The first kappa shape index (κ1) is 27.0. The normalized spacial score (nSPS) is 15.4. The van der Waals surface area contributed by atoms with Gasteiger partial charge in [-0.3, -0.25) is 4.79 Å². The van der Waals surface area contributed by atoms with Crippen LogP contribution < -0.4 is 19.5 Å². The average molecular weight is 541 g/mol. The summed E-state index contributed by atoms with van der Waals surface area (Å²) in [4.78, 5) is 19.6. The standard InChI is InChI=1S/C29H33ClN2O4S/c1-29(2,3)18-7-12-21-24(15-18)37-28(25(21)27(33)32-20-10-8-19(30)9-11-20)31-16-17-13-22(34-4)26(36-6)23(14-17)35-5/h8-11,13-14,16,18H,7,12,15H2,1-6H3,(H,32,33)/t18-/m1/s1. The number of hydrogen-bond donors (Lipinski definition) is 1.